The molecule has 30 heavy (non-hydrogen) atoms. The molecule has 0 aromatic heterocycles. The number of likely N-dealkylation sites (tertiary alicyclic amines) is 1. The molecule has 2 saturated heterocycles. The molecule has 2 aliphatic heterocycles. The Hall–Kier alpha value is -1.70. The van der Waals surface area contributed by atoms with E-state index in [1.165, 1.54) is 30.7 Å². The molecule has 0 unspecified atom stereocenters. The summed E-state index contributed by atoms with van der Waals surface area (Å²) in [6.45, 7) is 3.22. The third kappa shape index (κ3) is 5.13. The highest BCUT2D eigenvalue weighted by Crippen LogP contribution is 2.47. The Morgan fingerprint density at radius 1 is 1.13 bits per heavy atom. The van der Waals surface area contributed by atoms with Crippen molar-refractivity contribution in [1.82, 2.24) is 4.90 Å². The van der Waals surface area contributed by atoms with Gasteiger partial charge in [0.15, 0.2) is 0 Å². The van der Waals surface area contributed by atoms with Crippen molar-refractivity contribution in [1.29, 1.82) is 0 Å². The number of carbonyl (C=O) groups excluding carboxylic acids is 2. The molecule has 166 valence electrons. The van der Waals surface area contributed by atoms with Crippen molar-refractivity contribution in [3.05, 3.63) is 29.8 Å². The number of benzene rings is 1. The molecule has 1 spiro atoms. The molecular formula is C22H29F3N2O2S. The van der Waals surface area contributed by atoms with Crippen LogP contribution in [0.1, 0.15) is 63.9 Å². The molecule has 3 rings (SSSR count). The van der Waals surface area contributed by atoms with E-state index in [4.69, 9.17) is 0 Å². The van der Waals surface area contributed by atoms with Gasteiger partial charge in [0.1, 0.15) is 0 Å². The number of rotatable bonds is 7. The second-order valence-corrected chi connectivity index (χ2v) is 9.39. The van der Waals surface area contributed by atoms with Crippen LogP contribution in [-0.2, 0) is 15.8 Å². The first kappa shape index (κ1) is 23.0. The molecular weight excluding hydrogens is 413 g/mol. The van der Waals surface area contributed by atoms with E-state index in [9.17, 15) is 22.8 Å². The average Bonchev–Trinajstić information content (AvgIpc) is 3.03. The number of alkyl halides is 3. The lowest BCUT2D eigenvalue weighted by Crippen LogP contribution is -2.53. The molecule has 0 aliphatic carbocycles. The van der Waals surface area contributed by atoms with Gasteiger partial charge < -0.3 is 4.90 Å². The predicted molar refractivity (Wildman–Crippen MR) is 113 cm³/mol. The minimum absolute atomic E-state index is 0.140. The predicted octanol–water partition coefficient (Wildman–Crippen LogP) is 5.46. The van der Waals surface area contributed by atoms with E-state index < -0.39 is 16.6 Å². The first-order valence-electron chi connectivity index (χ1n) is 10.7. The summed E-state index contributed by atoms with van der Waals surface area (Å²) in [5, 5.41) is 0. The number of anilines is 1. The first-order valence-corrected chi connectivity index (χ1v) is 11.7. The second kappa shape index (κ2) is 9.62. The number of piperidine rings is 1. The smallest absolute Gasteiger partial charge is 0.342 e. The Labute approximate surface area is 180 Å². The number of halogens is 3. The van der Waals surface area contributed by atoms with Crippen LogP contribution in [0.5, 0.6) is 0 Å². The fourth-order valence-corrected chi connectivity index (χ4v) is 5.59. The highest BCUT2D eigenvalue weighted by molar-refractivity contribution is 8.02. The Kier molecular flexibility index (Phi) is 7.37. The zero-order valence-electron chi connectivity index (χ0n) is 17.3. The number of unbranched alkanes of at least 4 members (excludes halogenated alkanes) is 4. The van der Waals surface area contributed by atoms with E-state index in [0.717, 1.165) is 31.4 Å². The largest absolute Gasteiger partial charge is 0.416 e. The van der Waals surface area contributed by atoms with Crippen LogP contribution in [0.2, 0.25) is 0 Å². The second-order valence-electron chi connectivity index (χ2n) is 8.06. The van der Waals surface area contributed by atoms with Crippen LogP contribution in [0.15, 0.2) is 24.3 Å². The van der Waals surface area contributed by atoms with Crippen molar-refractivity contribution in [3.8, 4) is 0 Å². The van der Waals surface area contributed by atoms with E-state index in [-0.39, 0.29) is 23.3 Å². The molecule has 8 heteroatoms. The Morgan fingerprint density at radius 3 is 2.50 bits per heavy atom. The van der Waals surface area contributed by atoms with Gasteiger partial charge in [-0.3, -0.25) is 14.5 Å². The third-order valence-electron chi connectivity index (χ3n) is 5.94. The van der Waals surface area contributed by atoms with Crippen molar-refractivity contribution in [2.75, 3.05) is 23.7 Å². The van der Waals surface area contributed by atoms with Gasteiger partial charge in [-0.1, -0.05) is 38.7 Å². The van der Waals surface area contributed by atoms with Crippen molar-refractivity contribution >= 4 is 29.3 Å². The summed E-state index contributed by atoms with van der Waals surface area (Å²) in [6, 6.07) is 4.99. The van der Waals surface area contributed by atoms with Crippen molar-refractivity contribution in [3.63, 3.8) is 0 Å². The van der Waals surface area contributed by atoms with Gasteiger partial charge in [0.2, 0.25) is 11.8 Å². The first-order chi connectivity index (χ1) is 14.3. The monoisotopic (exact) mass is 442 g/mol. The van der Waals surface area contributed by atoms with Crippen LogP contribution in [0.4, 0.5) is 18.9 Å². The van der Waals surface area contributed by atoms with Crippen LogP contribution in [0, 0.1) is 0 Å². The van der Waals surface area contributed by atoms with Crippen LogP contribution >= 0.6 is 11.8 Å². The van der Waals surface area contributed by atoms with E-state index in [0.29, 0.717) is 32.4 Å². The van der Waals surface area contributed by atoms with Gasteiger partial charge >= 0.3 is 6.18 Å². The van der Waals surface area contributed by atoms with E-state index in [2.05, 4.69) is 6.92 Å². The Bertz CT molecular complexity index is 761. The maximum Gasteiger partial charge on any atom is 0.416 e. The van der Waals surface area contributed by atoms with Gasteiger partial charge in [-0.05, 0) is 37.5 Å². The van der Waals surface area contributed by atoms with E-state index in [1.807, 2.05) is 4.90 Å². The summed E-state index contributed by atoms with van der Waals surface area (Å²) >= 11 is 1.49. The molecule has 2 amide bonds. The summed E-state index contributed by atoms with van der Waals surface area (Å²) in [5.41, 5.74) is -0.467. The Morgan fingerprint density at radius 2 is 1.83 bits per heavy atom. The molecule has 0 bridgehead atoms. The number of amides is 2. The molecule has 0 N–H and O–H groups in total. The lowest BCUT2D eigenvalue weighted by molar-refractivity contribution is -0.137. The molecule has 4 nitrogen and oxygen atoms in total. The van der Waals surface area contributed by atoms with Crippen LogP contribution in [-0.4, -0.2) is 40.4 Å². The summed E-state index contributed by atoms with van der Waals surface area (Å²) in [5.74, 6) is 0.220. The van der Waals surface area contributed by atoms with E-state index >= 15 is 0 Å². The minimum Gasteiger partial charge on any atom is -0.342 e. The minimum atomic E-state index is -4.45. The topological polar surface area (TPSA) is 40.6 Å². The summed E-state index contributed by atoms with van der Waals surface area (Å²) in [7, 11) is 0. The van der Waals surface area contributed by atoms with Gasteiger partial charge in [-0.25, -0.2) is 0 Å². The molecule has 2 heterocycles. The normalized spacial score (nSPS) is 19.0. The van der Waals surface area contributed by atoms with Crippen LogP contribution in [0.3, 0.4) is 0 Å². The van der Waals surface area contributed by atoms with Crippen molar-refractivity contribution in [2.24, 2.45) is 0 Å². The SMILES string of the molecule is CCCCCCCC(=O)N1CCC2(CC1)SCC(=O)N2c1cccc(C(F)(F)F)c1. The van der Waals surface area contributed by atoms with Crippen LogP contribution in [0.25, 0.3) is 0 Å². The molecule has 2 aliphatic rings. The van der Waals surface area contributed by atoms with Gasteiger partial charge in [-0.15, -0.1) is 11.8 Å². The van der Waals surface area contributed by atoms with Crippen molar-refractivity contribution in [2.45, 2.75) is 69.3 Å². The fraction of sp³-hybridized carbons (Fsp3) is 0.636. The number of hydrogen-bond donors (Lipinski definition) is 0. The zero-order valence-corrected chi connectivity index (χ0v) is 18.2. The molecule has 1 aromatic rings. The average molecular weight is 443 g/mol. The number of thioether (sulfide) groups is 1. The standard InChI is InChI=1S/C22H29F3N2O2S/c1-2-3-4-5-6-10-19(28)26-13-11-21(12-14-26)27(20(29)16-30-21)18-9-7-8-17(15-18)22(23,24)25/h7-9,15H,2-6,10-14,16H2,1H3. The molecule has 2 fully saturated rings. The summed E-state index contributed by atoms with van der Waals surface area (Å²) < 4.78 is 39.4. The van der Waals surface area contributed by atoms with Gasteiger partial charge in [-0.2, -0.15) is 13.2 Å². The highest BCUT2D eigenvalue weighted by atomic mass is 32.2. The maximum atomic E-state index is 13.1. The van der Waals surface area contributed by atoms with Gasteiger partial charge in [0, 0.05) is 25.2 Å². The lowest BCUT2D eigenvalue weighted by atomic mass is 10.00. The number of hydrogen-bond acceptors (Lipinski definition) is 3. The number of carbonyl (C=O) groups is 2. The molecule has 1 aromatic carbocycles. The Balaban J connectivity index is 1.64. The molecule has 0 radical (unpaired) electrons. The molecule has 0 atom stereocenters. The highest BCUT2D eigenvalue weighted by Gasteiger charge is 2.49. The lowest BCUT2D eigenvalue weighted by Gasteiger charge is -2.44. The number of nitrogens with zero attached hydrogens (tertiary/aromatic N) is 2. The van der Waals surface area contributed by atoms with Crippen LogP contribution < -0.4 is 4.90 Å². The van der Waals surface area contributed by atoms with E-state index in [1.54, 1.807) is 11.0 Å². The van der Waals surface area contributed by atoms with Gasteiger partial charge in [0.25, 0.3) is 0 Å². The summed E-state index contributed by atoms with van der Waals surface area (Å²) in [4.78, 5) is 27.9. The van der Waals surface area contributed by atoms with Crippen molar-refractivity contribution < 1.29 is 22.8 Å². The zero-order chi connectivity index (χ0) is 21.8. The fourth-order valence-electron chi connectivity index (χ4n) is 4.26. The molecule has 0 saturated carbocycles. The quantitative estimate of drug-likeness (QED) is 0.526. The van der Waals surface area contributed by atoms with Gasteiger partial charge in [0.05, 0.1) is 16.2 Å². The summed E-state index contributed by atoms with van der Waals surface area (Å²) in [6.07, 6.45) is 2.69. The third-order valence-corrected chi connectivity index (χ3v) is 7.46. The maximum absolute atomic E-state index is 13.1.